The van der Waals surface area contributed by atoms with Crippen molar-refractivity contribution in [3.05, 3.63) is 29.8 Å². The predicted molar refractivity (Wildman–Crippen MR) is 88.5 cm³/mol. The summed E-state index contributed by atoms with van der Waals surface area (Å²) in [6.07, 6.45) is 2.40. The van der Waals surface area contributed by atoms with Gasteiger partial charge in [-0.05, 0) is 25.3 Å². The van der Waals surface area contributed by atoms with Crippen LogP contribution in [0.5, 0.6) is 5.75 Å². The summed E-state index contributed by atoms with van der Waals surface area (Å²) in [6, 6.07) is 7.72. The molecule has 2 saturated heterocycles. The molecule has 0 unspecified atom stereocenters. The third-order valence-corrected chi connectivity index (χ3v) is 5.33. The van der Waals surface area contributed by atoms with Gasteiger partial charge in [-0.15, -0.1) is 0 Å². The molecule has 3 aliphatic heterocycles. The minimum atomic E-state index is -1.95. The van der Waals surface area contributed by atoms with E-state index in [1.165, 1.54) is 0 Å². The highest BCUT2D eigenvalue weighted by Gasteiger charge is 2.45. The molecule has 3 N–H and O–H groups in total. The molecular weight excluding hydrogens is 325 g/mol. The quantitative estimate of drug-likeness (QED) is 0.514. The number of rotatable bonds is 6. The molecule has 25 heavy (non-hydrogen) atoms. The average Bonchev–Trinajstić information content (AvgIpc) is 3.30. The van der Waals surface area contributed by atoms with E-state index < -0.39 is 13.5 Å². The van der Waals surface area contributed by atoms with Crippen molar-refractivity contribution in [2.24, 2.45) is 5.92 Å². The number of carbonyl (C=O) groups excluding carboxylic acids is 1. The van der Waals surface area contributed by atoms with Gasteiger partial charge in [-0.1, -0.05) is 18.2 Å². The van der Waals surface area contributed by atoms with Crippen molar-refractivity contribution in [1.82, 2.24) is 5.32 Å². The Hall–Kier alpha value is -1.61. The van der Waals surface area contributed by atoms with Crippen LogP contribution in [0, 0.1) is 5.92 Å². The van der Waals surface area contributed by atoms with Gasteiger partial charge in [0.1, 0.15) is 12.0 Å². The van der Waals surface area contributed by atoms with Crippen LogP contribution >= 0.6 is 0 Å². The van der Waals surface area contributed by atoms with Crippen LogP contribution in [0.15, 0.2) is 24.3 Å². The summed E-state index contributed by atoms with van der Waals surface area (Å²) in [7, 11) is -1.95. The fourth-order valence-electron chi connectivity index (χ4n) is 4.16. The third-order valence-electron chi connectivity index (χ3n) is 5.33. The van der Waals surface area contributed by atoms with Crippen molar-refractivity contribution in [3.63, 3.8) is 0 Å². The monoisotopic (exact) mass is 347 g/mol. The van der Waals surface area contributed by atoms with E-state index in [1.807, 2.05) is 24.3 Å². The second-order valence-electron chi connectivity index (χ2n) is 6.96. The van der Waals surface area contributed by atoms with Gasteiger partial charge in [-0.2, -0.15) is 0 Å². The van der Waals surface area contributed by atoms with E-state index in [4.69, 9.17) is 14.1 Å². The van der Waals surface area contributed by atoms with Crippen LogP contribution in [0.4, 0.5) is 0 Å². The number of ether oxygens (including phenoxy) is 2. The zero-order valence-electron chi connectivity index (χ0n) is 13.8. The molecule has 134 valence electrons. The topological polar surface area (TPSA) is 97.3 Å². The molecule has 0 saturated carbocycles. The van der Waals surface area contributed by atoms with Crippen molar-refractivity contribution < 1.29 is 29.0 Å². The van der Waals surface area contributed by atoms with Crippen LogP contribution in [-0.4, -0.2) is 48.3 Å². The number of hydrogen-bond donors (Lipinski definition) is 3. The molecule has 8 heteroatoms. The molecule has 3 heterocycles. The minimum Gasteiger partial charge on any atom is -0.493 e. The van der Waals surface area contributed by atoms with Gasteiger partial charge in [0.2, 0.25) is 5.91 Å². The van der Waals surface area contributed by atoms with Crippen LogP contribution in [0.1, 0.15) is 37.2 Å². The number of carbonyl (C=O) groups is 1. The third kappa shape index (κ3) is 3.53. The second-order valence-corrected chi connectivity index (χ2v) is 6.96. The summed E-state index contributed by atoms with van der Waals surface area (Å²) in [5.41, 5.74) is 1.04. The molecule has 0 radical (unpaired) electrons. The number of fused-ring (bicyclic) bond motifs is 3. The van der Waals surface area contributed by atoms with Crippen molar-refractivity contribution in [2.75, 3.05) is 6.61 Å². The van der Waals surface area contributed by atoms with Gasteiger partial charge in [0.15, 0.2) is 0 Å². The average molecular weight is 347 g/mol. The molecule has 7 nitrogen and oxygen atoms in total. The number of amides is 1. The first kappa shape index (κ1) is 16.8. The zero-order valence-corrected chi connectivity index (χ0v) is 13.8. The molecule has 2 bridgehead atoms. The molecule has 3 aliphatic rings. The van der Waals surface area contributed by atoms with E-state index >= 15 is 0 Å². The molecule has 0 aromatic heterocycles. The van der Waals surface area contributed by atoms with Crippen molar-refractivity contribution in [1.29, 1.82) is 0 Å². The van der Waals surface area contributed by atoms with Gasteiger partial charge in [-0.3, -0.25) is 4.79 Å². The van der Waals surface area contributed by atoms with Gasteiger partial charge in [0.25, 0.3) is 0 Å². The Balaban J connectivity index is 1.41. The molecule has 0 spiro atoms. The standard InChI is InChI=1S/C17H22BNO6/c20-17(13-8-11-5-6-15(13)24-11)19-16(25-18(21)22)7-10-9-23-14-4-2-1-3-12(10)14/h1-4,10-11,13,15-16,21-22H,5-9H2,(H,19,20)/t10-,11+,13+,15-,16-/m0/s1. The molecule has 5 atom stereocenters. The Labute approximate surface area is 146 Å². The van der Waals surface area contributed by atoms with Crippen LogP contribution in [-0.2, 0) is 14.2 Å². The van der Waals surface area contributed by atoms with E-state index in [2.05, 4.69) is 5.32 Å². The lowest BCUT2D eigenvalue weighted by atomic mass is 9.88. The van der Waals surface area contributed by atoms with Crippen LogP contribution in [0.25, 0.3) is 0 Å². The van der Waals surface area contributed by atoms with Gasteiger partial charge in [0.05, 0.1) is 24.7 Å². The zero-order chi connectivity index (χ0) is 17.4. The summed E-state index contributed by atoms with van der Waals surface area (Å²) in [6.45, 7) is 0.480. The van der Waals surface area contributed by atoms with Crippen LogP contribution in [0.3, 0.4) is 0 Å². The minimum absolute atomic E-state index is 0.0246. The summed E-state index contributed by atoms with van der Waals surface area (Å²) < 4.78 is 16.5. The molecule has 1 aromatic carbocycles. The van der Waals surface area contributed by atoms with E-state index in [-0.39, 0.29) is 30.0 Å². The molecule has 0 aliphatic carbocycles. The van der Waals surface area contributed by atoms with Gasteiger partial charge in [-0.25, -0.2) is 0 Å². The van der Waals surface area contributed by atoms with E-state index in [0.29, 0.717) is 13.0 Å². The first-order valence-corrected chi connectivity index (χ1v) is 8.79. The smallest absolute Gasteiger partial charge is 0.493 e. The largest absolute Gasteiger partial charge is 0.635 e. The summed E-state index contributed by atoms with van der Waals surface area (Å²) in [5.74, 6) is 0.512. The first-order valence-electron chi connectivity index (χ1n) is 8.79. The fraction of sp³-hybridized carbons (Fsp3) is 0.588. The lowest BCUT2D eigenvalue weighted by Crippen LogP contribution is -2.46. The molecule has 2 fully saturated rings. The van der Waals surface area contributed by atoms with Crippen LogP contribution in [0.2, 0.25) is 0 Å². The van der Waals surface area contributed by atoms with E-state index in [9.17, 15) is 14.8 Å². The SMILES string of the molecule is O=C(N[C@H](C[C@H]1COc2ccccc21)OB(O)O)[C@@H]1C[C@H]2CC[C@@H]1O2. The van der Waals surface area contributed by atoms with Crippen molar-refractivity contribution in [2.45, 2.75) is 50.0 Å². The first-order chi connectivity index (χ1) is 12.1. The van der Waals surface area contributed by atoms with Gasteiger partial charge in [0, 0.05) is 17.9 Å². The second kappa shape index (κ2) is 6.95. The predicted octanol–water partition coefficient (Wildman–Crippen LogP) is 0.549. The van der Waals surface area contributed by atoms with Crippen LogP contribution < -0.4 is 10.1 Å². The normalized spacial score (nSPS) is 30.6. The highest BCUT2D eigenvalue weighted by molar-refractivity contribution is 6.32. The van der Waals surface area contributed by atoms with Crippen molar-refractivity contribution >= 4 is 13.2 Å². The number of nitrogens with one attached hydrogen (secondary N) is 1. The summed E-state index contributed by atoms with van der Waals surface area (Å²) >= 11 is 0. The molecular formula is C17H22BNO6. The number of hydrogen-bond acceptors (Lipinski definition) is 6. The number of para-hydroxylation sites is 1. The Bertz CT molecular complexity index is 641. The summed E-state index contributed by atoms with van der Waals surface area (Å²) in [4.78, 5) is 12.6. The van der Waals surface area contributed by atoms with Crippen molar-refractivity contribution in [3.8, 4) is 5.75 Å². The maximum absolute atomic E-state index is 12.6. The highest BCUT2D eigenvalue weighted by Crippen LogP contribution is 2.39. The number of benzene rings is 1. The highest BCUT2D eigenvalue weighted by atomic mass is 16.6. The molecule has 1 aromatic rings. The lowest BCUT2D eigenvalue weighted by molar-refractivity contribution is -0.129. The summed E-state index contributed by atoms with van der Waals surface area (Å²) in [5, 5.41) is 21.2. The molecule has 4 rings (SSSR count). The maximum Gasteiger partial charge on any atom is 0.635 e. The van der Waals surface area contributed by atoms with E-state index in [0.717, 1.165) is 30.6 Å². The van der Waals surface area contributed by atoms with E-state index in [1.54, 1.807) is 0 Å². The fourth-order valence-corrected chi connectivity index (χ4v) is 4.16. The maximum atomic E-state index is 12.6. The molecule has 1 amide bonds. The Kier molecular flexibility index (Phi) is 4.68. The Morgan fingerprint density at radius 2 is 2.20 bits per heavy atom. The lowest BCUT2D eigenvalue weighted by Gasteiger charge is -2.25. The Morgan fingerprint density at radius 1 is 1.36 bits per heavy atom. The Morgan fingerprint density at radius 3 is 2.92 bits per heavy atom. The van der Waals surface area contributed by atoms with Gasteiger partial charge < -0.3 is 29.5 Å². The van der Waals surface area contributed by atoms with Gasteiger partial charge >= 0.3 is 7.32 Å².